The monoisotopic (exact) mass is 356 g/mol. The summed E-state index contributed by atoms with van der Waals surface area (Å²) in [6, 6.07) is 9.39. The molecule has 2 aliphatic heterocycles. The van der Waals surface area contributed by atoms with Gasteiger partial charge in [0.05, 0.1) is 12.0 Å². The molecule has 1 aromatic carbocycles. The van der Waals surface area contributed by atoms with E-state index in [9.17, 15) is 9.90 Å². The van der Waals surface area contributed by atoms with Gasteiger partial charge in [-0.25, -0.2) is 0 Å². The first kappa shape index (κ1) is 17.2. The topological polar surface area (TPSA) is 82.7 Å². The predicted octanol–water partition coefficient (Wildman–Crippen LogP) is 1.09. The first-order chi connectivity index (χ1) is 12.6. The molecule has 1 N–H and O–H groups in total. The Morgan fingerprint density at radius 1 is 1.35 bits per heavy atom. The summed E-state index contributed by atoms with van der Waals surface area (Å²) in [6.07, 6.45) is 0.891. The molecule has 0 aliphatic carbocycles. The van der Waals surface area contributed by atoms with Crippen LogP contribution in [0.15, 0.2) is 34.9 Å². The van der Waals surface area contributed by atoms with E-state index >= 15 is 0 Å². The molecule has 2 saturated heterocycles. The van der Waals surface area contributed by atoms with Crippen LogP contribution in [0.5, 0.6) is 0 Å². The van der Waals surface area contributed by atoms with Gasteiger partial charge in [-0.1, -0.05) is 23.4 Å². The summed E-state index contributed by atoms with van der Waals surface area (Å²) in [5.41, 5.74) is 0.340. The Labute approximate surface area is 152 Å². The van der Waals surface area contributed by atoms with E-state index in [2.05, 4.69) is 15.0 Å². The molecule has 0 spiro atoms. The van der Waals surface area contributed by atoms with Crippen LogP contribution in [0.4, 0.5) is 0 Å². The lowest BCUT2D eigenvalue weighted by Gasteiger charge is -2.41. The Hall–Kier alpha value is -2.25. The number of hydrogen-bond donors (Lipinski definition) is 1. The number of rotatable bonds is 4. The van der Waals surface area contributed by atoms with Crippen molar-refractivity contribution in [2.24, 2.45) is 5.92 Å². The summed E-state index contributed by atoms with van der Waals surface area (Å²) in [7, 11) is 0. The van der Waals surface area contributed by atoms with Crippen molar-refractivity contribution in [1.29, 1.82) is 0 Å². The van der Waals surface area contributed by atoms with Gasteiger partial charge in [0, 0.05) is 38.3 Å². The number of amides is 1. The van der Waals surface area contributed by atoms with Gasteiger partial charge in [-0.3, -0.25) is 9.69 Å². The normalized spacial score (nSPS) is 26.1. The maximum absolute atomic E-state index is 13.0. The van der Waals surface area contributed by atoms with E-state index in [1.165, 1.54) is 0 Å². The van der Waals surface area contributed by atoms with Crippen molar-refractivity contribution in [2.75, 3.05) is 39.3 Å². The van der Waals surface area contributed by atoms with E-state index in [0.717, 1.165) is 26.1 Å². The quantitative estimate of drug-likeness (QED) is 0.883. The predicted molar refractivity (Wildman–Crippen MR) is 94.7 cm³/mol. The number of carbonyl (C=O) groups is 1. The van der Waals surface area contributed by atoms with Crippen LogP contribution in [0.2, 0.25) is 0 Å². The van der Waals surface area contributed by atoms with Gasteiger partial charge in [-0.2, -0.15) is 4.98 Å². The van der Waals surface area contributed by atoms with Crippen molar-refractivity contribution in [3.63, 3.8) is 0 Å². The molecular weight excluding hydrogens is 332 g/mol. The SMILES string of the molecule is Cc1noc([C@@]23CN(CCO)C[C@@H]2CCN(C(=O)c2ccccc2)C3)n1. The fourth-order valence-electron chi connectivity index (χ4n) is 4.41. The largest absolute Gasteiger partial charge is 0.395 e. The molecule has 4 rings (SSSR count). The van der Waals surface area contributed by atoms with Crippen LogP contribution in [-0.4, -0.2) is 70.3 Å². The Balaban J connectivity index is 1.65. The van der Waals surface area contributed by atoms with Crippen LogP contribution in [0, 0.1) is 12.8 Å². The van der Waals surface area contributed by atoms with Crippen LogP contribution in [0.1, 0.15) is 28.5 Å². The Morgan fingerprint density at radius 3 is 2.85 bits per heavy atom. The molecule has 2 fully saturated rings. The number of aliphatic hydroxyl groups is 1. The second kappa shape index (κ2) is 6.81. The van der Waals surface area contributed by atoms with E-state index in [4.69, 9.17) is 4.52 Å². The number of β-amino-alcohol motifs (C(OH)–C–C–N with tert-alkyl or cyclic N) is 1. The zero-order chi connectivity index (χ0) is 18.1. The highest BCUT2D eigenvalue weighted by molar-refractivity contribution is 5.94. The average molecular weight is 356 g/mol. The molecule has 0 unspecified atom stereocenters. The van der Waals surface area contributed by atoms with Gasteiger partial charge < -0.3 is 14.5 Å². The minimum absolute atomic E-state index is 0.0419. The van der Waals surface area contributed by atoms with E-state index in [1.807, 2.05) is 42.2 Å². The van der Waals surface area contributed by atoms with Crippen LogP contribution >= 0.6 is 0 Å². The molecule has 2 aliphatic rings. The Kier molecular flexibility index (Phi) is 4.50. The fourth-order valence-corrected chi connectivity index (χ4v) is 4.41. The second-order valence-corrected chi connectivity index (χ2v) is 7.34. The summed E-state index contributed by atoms with van der Waals surface area (Å²) < 4.78 is 5.58. The number of aliphatic hydroxyl groups excluding tert-OH is 1. The van der Waals surface area contributed by atoms with Crippen LogP contribution in [-0.2, 0) is 5.41 Å². The molecule has 138 valence electrons. The zero-order valence-corrected chi connectivity index (χ0v) is 15.0. The van der Waals surface area contributed by atoms with Gasteiger partial charge in [-0.05, 0) is 31.4 Å². The molecule has 1 amide bonds. The van der Waals surface area contributed by atoms with Crippen molar-refractivity contribution >= 4 is 5.91 Å². The van der Waals surface area contributed by atoms with Gasteiger partial charge in [-0.15, -0.1) is 0 Å². The van der Waals surface area contributed by atoms with E-state index in [1.54, 1.807) is 0 Å². The number of hydrogen-bond acceptors (Lipinski definition) is 6. The highest BCUT2D eigenvalue weighted by Crippen LogP contribution is 2.44. The first-order valence-corrected chi connectivity index (χ1v) is 9.11. The van der Waals surface area contributed by atoms with Crippen LogP contribution in [0.25, 0.3) is 0 Å². The first-order valence-electron chi connectivity index (χ1n) is 9.11. The van der Waals surface area contributed by atoms with Crippen LogP contribution in [0.3, 0.4) is 0 Å². The second-order valence-electron chi connectivity index (χ2n) is 7.34. The summed E-state index contributed by atoms with van der Waals surface area (Å²) in [5.74, 6) is 1.61. The van der Waals surface area contributed by atoms with Crippen molar-refractivity contribution in [3.05, 3.63) is 47.6 Å². The Bertz CT molecular complexity index is 778. The molecule has 0 saturated carbocycles. The van der Waals surface area contributed by atoms with Crippen molar-refractivity contribution in [3.8, 4) is 0 Å². The summed E-state index contributed by atoms with van der Waals surface area (Å²) in [4.78, 5) is 21.7. The van der Waals surface area contributed by atoms with Gasteiger partial charge in [0.15, 0.2) is 5.82 Å². The third-order valence-corrected chi connectivity index (χ3v) is 5.66. The summed E-state index contributed by atoms with van der Waals surface area (Å²) >= 11 is 0. The van der Waals surface area contributed by atoms with Crippen LogP contribution < -0.4 is 0 Å². The number of nitrogens with zero attached hydrogens (tertiary/aromatic N) is 4. The highest BCUT2D eigenvalue weighted by Gasteiger charge is 2.54. The molecule has 7 heteroatoms. The summed E-state index contributed by atoms with van der Waals surface area (Å²) in [6.45, 7) is 5.45. The van der Waals surface area contributed by atoms with E-state index < -0.39 is 0 Å². The number of piperidine rings is 1. The lowest BCUT2D eigenvalue weighted by Crippen LogP contribution is -2.53. The molecule has 26 heavy (non-hydrogen) atoms. The van der Waals surface area contributed by atoms with Crippen molar-refractivity contribution in [2.45, 2.75) is 18.8 Å². The van der Waals surface area contributed by atoms with Crippen molar-refractivity contribution < 1.29 is 14.4 Å². The molecule has 0 radical (unpaired) electrons. The number of carbonyl (C=O) groups excluding carboxylic acids is 1. The lowest BCUT2D eigenvalue weighted by atomic mass is 9.73. The highest BCUT2D eigenvalue weighted by atomic mass is 16.5. The van der Waals surface area contributed by atoms with Crippen molar-refractivity contribution in [1.82, 2.24) is 19.9 Å². The summed E-state index contributed by atoms with van der Waals surface area (Å²) in [5, 5.41) is 13.3. The van der Waals surface area contributed by atoms with E-state index in [0.29, 0.717) is 36.3 Å². The molecule has 2 atom stereocenters. The number of aryl methyl sites for hydroxylation is 1. The molecule has 2 aromatic rings. The van der Waals surface area contributed by atoms with Gasteiger partial charge in [0.25, 0.3) is 5.91 Å². The maximum atomic E-state index is 13.0. The molecule has 1 aromatic heterocycles. The zero-order valence-electron chi connectivity index (χ0n) is 15.0. The lowest BCUT2D eigenvalue weighted by molar-refractivity contribution is 0.0536. The van der Waals surface area contributed by atoms with Gasteiger partial charge in [0.1, 0.15) is 0 Å². The van der Waals surface area contributed by atoms with Gasteiger partial charge >= 0.3 is 0 Å². The number of benzene rings is 1. The standard InChI is InChI=1S/C19H24N4O3/c1-14-20-18(26-21-14)19-12-22(9-10-24)11-16(19)7-8-23(13-19)17(25)15-5-3-2-4-6-15/h2-6,16,24H,7-13H2,1H3/t16-,19+/m0/s1. The molecule has 3 heterocycles. The third-order valence-electron chi connectivity index (χ3n) is 5.66. The number of aromatic nitrogens is 2. The van der Waals surface area contributed by atoms with Gasteiger partial charge in [0.2, 0.25) is 5.89 Å². The minimum Gasteiger partial charge on any atom is -0.395 e. The molecule has 0 bridgehead atoms. The number of fused-ring (bicyclic) bond motifs is 1. The number of likely N-dealkylation sites (tertiary alicyclic amines) is 2. The Morgan fingerprint density at radius 2 is 2.15 bits per heavy atom. The smallest absolute Gasteiger partial charge is 0.253 e. The average Bonchev–Trinajstić information content (AvgIpc) is 3.25. The third kappa shape index (κ3) is 2.91. The minimum atomic E-state index is -0.362. The maximum Gasteiger partial charge on any atom is 0.253 e. The fraction of sp³-hybridized carbons (Fsp3) is 0.526. The van der Waals surface area contributed by atoms with E-state index in [-0.39, 0.29) is 17.9 Å². The molecule has 7 nitrogen and oxygen atoms in total. The molecular formula is C19H24N4O3.